The summed E-state index contributed by atoms with van der Waals surface area (Å²) in [5, 5.41) is 2.64. The van der Waals surface area contributed by atoms with Crippen molar-refractivity contribution in [1.82, 2.24) is 4.90 Å². The third-order valence-electron chi connectivity index (χ3n) is 5.58. The molecule has 4 rings (SSSR count). The maximum Gasteiger partial charge on any atom is 0.338 e. The molecule has 190 valence electrons. The van der Waals surface area contributed by atoms with Gasteiger partial charge >= 0.3 is 5.97 Å². The van der Waals surface area contributed by atoms with E-state index in [1.807, 2.05) is 42.5 Å². The molecule has 1 atom stereocenters. The molecule has 0 bridgehead atoms. The second-order valence-electron chi connectivity index (χ2n) is 8.16. The number of nitrogens with one attached hydrogen (secondary N) is 1. The first-order valence-corrected chi connectivity index (χ1v) is 12.7. The van der Waals surface area contributed by atoms with Crippen LogP contribution in [0.5, 0.6) is 5.75 Å². The Hall–Kier alpha value is -4.11. The number of ether oxygens (including phenoxy) is 2. The normalized spacial score (nSPS) is 16.4. The van der Waals surface area contributed by atoms with E-state index in [1.54, 1.807) is 55.3 Å². The minimum atomic E-state index is -0.641. The van der Waals surface area contributed by atoms with E-state index < -0.39 is 11.2 Å². The lowest BCUT2D eigenvalue weighted by molar-refractivity contribution is -0.129. The Kier molecular flexibility index (Phi) is 8.58. The summed E-state index contributed by atoms with van der Waals surface area (Å²) in [5.41, 5.74) is 2.52. The van der Waals surface area contributed by atoms with Crippen LogP contribution >= 0.6 is 11.8 Å². The van der Waals surface area contributed by atoms with Crippen LogP contribution in [0, 0.1) is 0 Å². The molecule has 37 heavy (non-hydrogen) atoms. The van der Waals surface area contributed by atoms with Gasteiger partial charge in [0.25, 0.3) is 0 Å². The van der Waals surface area contributed by atoms with Crippen LogP contribution in [0.15, 0.2) is 83.9 Å². The number of hydrogen-bond donors (Lipinski definition) is 1. The van der Waals surface area contributed by atoms with Gasteiger partial charge in [-0.05, 0) is 61.0 Å². The van der Waals surface area contributed by atoms with Crippen molar-refractivity contribution in [3.05, 3.63) is 90.0 Å². The summed E-state index contributed by atoms with van der Waals surface area (Å²) in [7, 11) is 1.60. The lowest BCUT2D eigenvalue weighted by Gasteiger charge is -2.32. The molecule has 3 aromatic rings. The zero-order chi connectivity index (χ0) is 26.2. The van der Waals surface area contributed by atoms with Crippen LogP contribution < -0.4 is 10.1 Å². The van der Waals surface area contributed by atoms with Crippen molar-refractivity contribution in [3.63, 3.8) is 0 Å². The molecule has 1 saturated heterocycles. The van der Waals surface area contributed by atoms with E-state index in [9.17, 15) is 14.4 Å². The maximum atomic E-state index is 13.3. The number of aliphatic imine (C=N–C) groups is 1. The molecule has 0 radical (unpaired) electrons. The Bertz CT molecular complexity index is 1280. The van der Waals surface area contributed by atoms with Crippen LogP contribution in [0.3, 0.4) is 0 Å². The molecule has 8 nitrogen and oxygen atoms in total. The SMILES string of the molecule is CCOC(=O)c1ccc(N=C2SC(C(=O)Nc3ccccc3)CC(=O)N2Cc2ccc(OC)cc2)cc1. The molecule has 1 aliphatic rings. The molecular weight excluding hydrogens is 490 g/mol. The number of amidine groups is 1. The number of rotatable bonds is 8. The van der Waals surface area contributed by atoms with E-state index >= 15 is 0 Å². The highest BCUT2D eigenvalue weighted by Gasteiger charge is 2.36. The Morgan fingerprint density at radius 1 is 1.03 bits per heavy atom. The van der Waals surface area contributed by atoms with Crippen LogP contribution in [0.4, 0.5) is 11.4 Å². The van der Waals surface area contributed by atoms with Crippen molar-refractivity contribution in [3.8, 4) is 5.75 Å². The summed E-state index contributed by atoms with van der Waals surface area (Å²) in [6.07, 6.45) is 0.0420. The topological polar surface area (TPSA) is 97.3 Å². The number of nitrogens with zero attached hydrogens (tertiary/aromatic N) is 2. The van der Waals surface area contributed by atoms with Crippen LogP contribution in [0.25, 0.3) is 0 Å². The first kappa shape index (κ1) is 26.0. The van der Waals surface area contributed by atoms with Crippen LogP contribution in [0.1, 0.15) is 29.3 Å². The molecule has 1 unspecified atom stereocenters. The number of anilines is 1. The fourth-order valence-electron chi connectivity index (χ4n) is 3.65. The van der Waals surface area contributed by atoms with Crippen molar-refractivity contribution in [2.24, 2.45) is 4.99 Å². The highest BCUT2D eigenvalue weighted by Crippen LogP contribution is 2.31. The van der Waals surface area contributed by atoms with Gasteiger partial charge in [0, 0.05) is 12.1 Å². The number of amides is 2. The van der Waals surface area contributed by atoms with Crippen LogP contribution in [-0.4, -0.2) is 46.8 Å². The monoisotopic (exact) mass is 517 g/mol. The highest BCUT2D eigenvalue weighted by molar-refractivity contribution is 8.15. The first-order valence-electron chi connectivity index (χ1n) is 11.8. The van der Waals surface area contributed by atoms with E-state index in [1.165, 1.54) is 11.8 Å². The molecule has 1 fully saturated rings. The minimum absolute atomic E-state index is 0.0420. The number of hydrogen-bond acceptors (Lipinski definition) is 7. The largest absolute Gasteiger partial charge is 0.497 e. The number of benzene rings is 3. The summed E-state index contributed by atoms with van der Waals surface area (Å²) in [6, 6.07) is 23.2. The van der Waals surface area contributed by atoms with Crippen molar-refractivity contribution in [1.29, 1.82) is 0 Å². The molecule has 0 spiro atoms. The van der Waals surface area contributed by atoms with Gasteiger partial charge in [-0.3, -0.25) is 14.5 Å². The van der Waals surface area contributed by atoms with Gasteiger partial charge in [-0.2, -0.15) is 0 Å². The Morgan fingerprint density at radius 2 is 1.73 bits per heavy atom. The van der Waals surface area contributed by atoms with Gasteiger partial charge in [-0.1, -0.05) is 42.1 Å². The summed E-state index contributed by atoms with van der Waals surface area (Å²) < 4.78 is 10.3. The van der Waals surface area contributed by atoms with E-state index in [2.05, 4.69) is 5.32 Å². The minimum Gasteiger partial charge on any atom is -0.497 e. The predicted octanol–water partition coefficient (Wildman–Crippen LogP) is 5.03. The van der Waals surface area contributed by atoms with Gasteiger partial charge < -0.3 is 14.8 Å². The standard InChI is InChI=1S/C28H27N3O5S/c1-3-36-27(34)20-11-13-22(14-12-20)30-28-31(18-19-9-15-23(35-2)16-10-19)25(32)17-24(37-28)26(33)29-21-7-5-4-6-8-21/h4-16,24H,3,17-18H2,1-2H3,(H,29,33). The third-order valence-corrected chi connectivity index (χ3v) is 6.76. The van der Waals surface area contributed by atoms with E-state index in [-0.39, 0.29) is 24.8 Å². The molecule has 1 aliphatic heterocycles. The average molecular weight is 518 g/mol. The number of thioether (sulfide) groups is 1. The number of methoxy groups -OCH3 is 1. The maximum absolute atomic E-state index is 13.3. The number of carbonyl (C=O) groups is 3. The van der Waals surface area contributed by atoms with E-state index in [0.29, 0.717) is 28.7 Å². The van der Waals surface area contributed by atoms with Gasteiger partial charge in [-0.15, -0.1) is 0 Å². The van der Waals surface area contributed by atoms with Crippen LogP contribution in [0.2, 0.25) is 0 Å². The molecule has 9 heteroatoms. The molecule has 0 saturated carbocycles. The summed E-state index contributed by atoms with van der Waals surface area (Å²) in [4.78, 5) is 44.5. The summed E-state index contributed by atoms with van der Waals surface area (Å²) >= 11 is 1.24. The average Bonchev–Trinajstić information content (AvgIpc) is 2.92. The number of esters is 1. The van der Waals surface area contributed by atoms with Gasteiger partial charge in [0.2, 0.25) is 11.8 Å². The molecule has 0 aliphatic carbocycles. The molecular formula is C28H27N3O5S. The lowest BCUT2D eigenvalue weighted by atomic mass is 10.2. The Morgan fingerprint density at radius 3 is 2.38 bits per heavy atom. The molecule has 2 amide bonds. The third kappa shape index (κ3) is 6.77. The molecule has 1 heterocycles. The smallest absolute Gasteiger partial charge is 0.338 e. The van der Waals surface area contributed by atoms with Crippen molar-refractivity contribution in [2.75, 3.05) is 19.0 Å². The molecule has 1 N–H and O–H groups in total. The zero-order valence-electron chi connectivity index (χ0n) is 20.5. The first-order chi connectivity index (χ1) is 18.0. The fraction of sp³-hybridized carbons (Fsp3) is 0.214. The number of carbonyl (C=O) groups excluding carboxylic acids is 3. The van der Waals surface area contributed by atoms with Gasteiger partial charge in [0.1, 0.15) is 11.0 Å². The highest BCUT2D eigenvalue weighted by atomic mass is 32.2. The van der Waals surface area contributed by atoms with Gasteiger partial charge in [-0.25, -0.2) is 9.79 Å². The second kappa shape index (κ2) is 12.2. The number of para-hydroxylation sites is 1. The van der Waals surface area contributed by atoms with E-state index in [4.69, 9.17) is 14.5 Å². The fourth-order valence-corrected chi connectivity index (χ4v) is 4.75. The molecule has 3 aromatic carbocycles. The van der Waals surface area contributed by atoms with E-state index in [0.717, 1.165) is 11.3 Å². The molecule has 0 aromatic heterocycles. The summed E-state index contributed by atoms with van der Waals surface area (Å²) in [6.45, 7) is 2.33. The predicted molar refractivity (Wildman–Crippen MR) is 144 cm³/mol. The summed E-state index contributed by atoms with van der Waals surface area (Å²) in [5.74, 6) is -0.164. The van der Waals surface area contributed by atoms with Crippen molar-refractivity contribution < 1.29 is 23.9 Å². The van der Waals surface area contributed by atoms with Crippen molar-refractivity contribution >= 4 is 46.1 Å². The van der Waals surface area contributed by atoms with Gasteiger partial charge in [0.05, 0.1) is 31.5 Å². The second-order valence-corrected chi connectivity index (χ2v) is 9.33. The Labute approximate surface area is 219 Å². The quantitative estimate of drug-likeness (QED) is 0.421. The van der Waals surface area contributed by atoms with Crippen molar-refractivity contribution in [2.45, 2.75) is 25.1 Å². The lowest BCUT2D eigenvalue weighted by Crippen LogP contribution is -2.44. The van der Waals surface area contributed by atoms with Gasteiger partial charge in [0.15, 0.2) is 5.17 Å². The van der Waals surface area contributed by atoms with Crippen LogP contribution in [-0.2, 0) is 20.9 Å². The Balaban J connectivity index is 1.59. The zero-order valence-corrected chi connectivity index (χ0v) is 21.4.